The number of nitrogens with two attached hydrogens (primary N) is 1. The SMILES string of the molecule is CC(C)(C)[C@@H](CO)NC(=O)N[C@H](C(=O)N1C[C@H]2[C@@H]([C@H]1C(=O)NC(CC1CCC1)C(=O)C(N)=O)C2(Cl)Cl)C1CCCCC1. The number of rotatable bonds is 11. The fourth-order valence-corrected chi connectivity index (χ4v) is 7.59. The first kappa shape index (κ1) is 32.8. The highest BCUT2D eigenvalue weighted by molar-refractivity contribution is 6.51. The lowest BCUT2D eigenvalue weighted by Crippen LogP contribution is -2.61. The van der Waals surface area contributed by atoms with Crippen LogP contribution in [0.3, 0.4) is 0 Å². The maximum absolute atomic E-state index is 14.2. The second kappa shape index (κ2) is 12.9. The van der Waals surface area contributed by atoms with Gasteiger partial charge in [-0.15, -0.1) is 23.2 Å². The Kier molecular flexibility index (Phi) is 10.0. The Hall–Kier alpha value is -2.11. The molecule has 0 bridgehead atoms. The maximum Gasteiger partial charge on any atom is 0.315 e. The highest BCUT2D eigenvalue weighted by atomic mass is 35.5. The fourth-order valence-electron chi connectivity index (χ4n) is 6.76. The quantitative estimate of drug-likeness (QED) is 0.173. The Morgan fingerprint density at radius 1 is 0.976 bits per heavy atom. The minimum atomic E-state index is -1.21. The number of hydrogen-bond donors (Lipinski definition) is 5. The third-order valence-electron chi connectivity index (χ3n) is 9.76. The summed E-state index contributed by atoms with van der Waals surface area (Å²) in [6, 6.07) is -4.19. The molecule has 0 aromatic heterocycles. The van der Waals surface area contributed by atoms with E-state index in [9.17, 15) is 29.1 Å². The summed E-state index contributed by atoms with van der Waals surface area (Å²) in [5, 5.41) is 18.2. The number of fused-ring (bicyclic) bond motifs is 1. The van der Waals surface area contributed by atoms with Gasteiger partial charge in [-0.25, -0.2) is 4.79 Å². The number of amides is 5. The van der Waals surface area contributed by atoms with Crippen molar-refractivity contribution in [1.29, 1.82) is 0 Å². The lowest BCUT2D eigenvalue weighted by molar-refractivity contribution is -0.144. The van der Waals surface area contributed by atoms with Crippen molar-refractivity contribution in [3.8, 4) is 0 Å². The van der Waals surface area contributed by atoms with Crippen molar-refractivity contribution in [2.24, 2.45) is 34.8 Å². The van der Waals surface area contributed by atoms with Crippen molar-refractivity contribution in [1.82, 2.24) is 20.9 Å². The summed E-state index contributed by atoms with van der Waals surface area (Å²) in [4.78, 5) is 66.9. The predicted molar refractivity (Wildman–Crippen MR) is 157 cm³/mol. The topological polar surface area (TPSA) is 171 Å². The van der Waals surface area contributed by atoms with E-state index >= 15 is 0 Å². The van der Waals surface area contributed by atoms with Gasteiger partial charge in [0, 0.05) is 18.4 Å². The molecule has 11 nitrogen and oxygen atoms in total. The number of alkyl halides is 2. The number of halogens is 2. The average molecular weight is 631 g/mol. The number of hydrogen-bond acceptors (Lipinski definition) is 6. The molecule has 1 aliphatic heterocycles. The summed E-state index contributed by atoms with van der Waals surface area (Å²) in [5.74, 6) is -3.88. The fraction of sp³-hybridized carbons (Fsp3) is 0.828. The van der Waals surface area contributed by atoms with Crippen molar-refractivity contribution in [2.75, 3.05) is 13.2 Å². The molecule has 4 aliphatic rings. The van der Waals surface area contributed by atoms with Gasteiger partial charge in [-0.2, -0.15) is 0 Å². The normalized spacial score (nSPS) is 27.6. The monoisotopic (exact) mass is 629 g/mol. The van der Waals surface area contributed by atoms with E-state index in [2.05, 4.69) is 16.0 Å². The van der Waals surface area contributed by atoms with Gasteiger partial charge in [-0.1, -0.05) is 59.3 Å². The van der Waals surface area contributed by atoms with E-state index in [1.54, 1.807) is 0 Å². The van der Waals surface area contributed by atoms with Gasteiger partial charge in [-0.3, -0.25) is 19.2 Å². The first-order valence-electron chi connectivity index (χ1n) is 15.2. The standard InChI is InChI=1S/C29H45Cl2N5O6/c1-28(2,3)19(14-37)34-27(42)35-21(16-10-5-4-6-11-16)26(41)36-13-17-20(29(17,30)31)22(36)25(40)33-18(23(38)24(32)39)12-15-8-7-9-15/h15-22,37H,4-14H2,1-3H3,(H2,32,39)(H,33,40)(H2,34,35,42)/t17-,18?,19+,20-,21-,22-/m0/s1. The van der Waals surface area contributed by atoms with Gasteiger partial charge in [-0.05, 0) is 36.5 Å². The molecular weight excluding hydrogens is 585 g/mol. The molecule has 0 aromatic rings. The zero-order valence-corrected chi connectivity index (χ0v) is 26.2. The van der Waals surface area contributed by atoms with Crippen LogP contribution in [0.1, 0.15) is 78.6 Å². The molecule has 4 fully saturated rings. The highest BCUT2D eigenvalue weighted by Gasteiger charge is 2.74. The molecule has 1 heterocycles. The Labute approximate surface area is 257 Å². The number of primary amides is 1. The molecule has 3 aliphatic carbocycles. The Balaban J connectivity index is 1.55. The number of carbonyl (C=O) groups is 5. The van der Waals surface area contributed by atoms with Gasteiger partial charge in [0.1, 0.15) is 16.4 Å². The Morgan fingerprint density at radius 3 is 2.14 bits per heavy atom. The van der Waals surface area contributed by atoms with Crippen LogP contribution in [0.15, 0.2) is 0 Å². The van der Waals surface area contributed by atoms with Gasteiger partial charge in [0.2, 0.25) is 17.6 Å². The van der Waals surface area contributed by atoms with E-state index < -0.39 is 69.4 Å². The number of piperidine rings is 1. The molecule has 0 radical (unpaired) electrons. The number of likely N-dealkylation sites (tertiary alicyclic amines) is 1. The largest absolute Gasteiger partial charge is 0.394 e. The number of aliphatic hydroxyl groups excluding tert-OH is 1. The van der Waals surface area contributed by atoms with Gasteiger partial charge in [0.15, 0.2) is 0 Å². The number of aliphatic hydroxyl groups is 1. The number of carbonyl (C=O) groups excluding carboxylic acids is 5. The first-order valence-corrected chi connectivity index (χ1v) is 15.9. The van der Waals surface area contributed by atoms with Crippen LogP contribution in [0.4, 0.5) is 4.79 Å². The van der Waals surface area contributed by atoms with E-state index in [1.807, 2.05) is 20.8 Å². The van der Waals surface area contributed by atoms with Crippen molar-refractivity contribution in [3.63, 3.8) is 0 Å². The van der Waals surface area contributed by atoms with Crippen LogP contribution in [0.25, 0.3) is 0 Å². The second-order valence-electron chi connectivity index (χ2n) is 13.7. The lowest BCUT2D eigenvalue weighted by atomic mass is 9.80. The summed E-state index contributed by atoms with van der Waals surface area (Å²) in [6.07, 6.45) is 7.45. The molecule has 6 atom stereocenters. The third kappa shape index (κ3) is 6.99. The van der Waals surface area contributed by atoms with Crippen LogP contribution >= 0.6 is 23.2 Å². The van der Waals surface area contributed by atoms with Crippen LogP contribution in [-0.2, 0) is 19.2 Å². The van der Waals surface area contributed by atoms with Crippen LogP contribution < -0.4 is 21.7 Å². The predicted octanol–water partition coefficient (Wildman–Crippen LogP) is 2.00. The molecule has 236 valence electrons. The van der Waals surface area contributed by atoms with E-state index in [0.29, 0.717) is 6.42 Å². The van der Waals surface area contributed by atoms with Crippen molar-refractivity contribution < 1.29 is 29.1 Å². The van der Waals surface area contributed by atoms with E-state index in [-0.39, 0.29) is 30.9 Å². The van der Waals surface area contributed by atoms with Gasteiger partial charge in [0.05, 0.1) is 18.7 Å². The smallest absolute Gasteiger partial charge is 0.315 e. The maximum atomic E-state index is 14.2. The van der Waals surface area contributed by atoms with E-state index in [1.165, 1.54) is 4.90 Å². The number of nitrogens with zero attached hydrogens (tertiary/aromatic N) is 1. The van der Waals surface area contributed by atoms with E-state index in [4.69, 9.17) is 28.9 Å². The van der Waals surface area contributed by atoms with Crippen LogP contribution in [-0.4, -0.2) is 81.2 Å². The van der Waals surface area contributed by atoms with Crippen molar-refractivity contribution in [2.45, 2.75) is 107 Å². The molecular formula is C29H45Cl2N5O6. The lowest BCUT2D eigenvalue weighted by Gasteiger charge is -2.37. The highest BCUT2D eigenvalue weighted by Crippen LogP contribution is 2.65. The Bertz CT molecular complexity index is 1070. The summed E-state index contributed by atoms with van der Waals surface area (Å²) in [6.45, 7) is 5.53. The van der Waals surface area contributed by atoms with E-state index in [0.717, 1.165) is 51.4 Å². The molecule has 13 heteroatoms. The van der Waals surface area contributed by atoms with Gasteiger partial charge in [0.25, 0.3) is 5.91 Å². The van der Waals surface area contributed by atoms with Crippen LogP contribution in [0.5, 0.6) is 0 Å². The molecule has 0 aromatic carbocycles. The molecule has 3 saturated carbocycles. The number of Topliss-reactive ketones (excluding diaryl/α,β-unsaturated/α-hetero) is 1. The molecule has 1 saturated heterocycles. The minimum Gasteiger partial charge on any atom is -0.394 e. The second-order valence-corrected chi connectivity index (χ2v) is 15.1. The molecule has 42 heavy (non-hydrogen) atoms. The summed E-state index contributed by atoms with van der Waals surface area (Å²) in [7, 11) is 0. The van der Waals surface area contributed by atoms with Crippen LogP contribution in [0.2, 0.25) is 0 Å². The van der Waals surface area contributed by atoms with Gasteiger partial charge < -0.3 is 31.7 Å². The number of nitrogens with one attached hydrogen (secondary N) is 3. The zero-order valence-electron chi connectivity index (χ0n) is 24.7. The third-order valence-corrected chi connectivity index (χ3v) is 10.8. The first-order chi connectivity index (χ1) is 19.7. The number of urea groups is 1. The summed E-state index contributed by atoms with van der Waals surface area (Å²) >= 11 is 13.0. The number of ketones is 1. The van der Waals surface area contributed by atoms with Crippen molar-refractivity contribution >= 4 is 52.7 Å². The summed E-state index contributed by atoms with van der Waals surface area (Å²) < 4.78 is -1.21. The average Bonchev–Trinajstić information content (AvgIpc) is 3.22. The van der Waals surface area contributed by atoms with Crippen molar-refractivity contribution in [3.05, 3.63) is 0 Å². The summed E-state index contributed by atoms with van der Waals surface area (Å²) in [5.41, 5.74) is 4.87. The minimum absolute atomic E-state index is 0.124. The molecule has 5 amide bonds. The molecule has 6 N–H and O–H groups in total. The molecule has 0 spiro atoms. The zero-order chi connectivity index (χ0) is 31.0. The Morgan fingerprint density at radius 2 is 1.62 bits per heavy atom. The molecule has 4 rings (SSSR count). The van der Waals surface area contributed by atoms with Crippen LogP contribution in [0, 0.1) is 29.1 Å². The molecule has 1 unspecified atom stereocenters. The van der Waals surface area contributed by atoms with Gasteiger partial charge >= 0.3 is 6.03 Å².